The highest BCUT2D eigenvalue weighted by molar-refractivity contribution is 7.89. The molecule has 0 spiro atoms. The number of carbonyl (C=O) groups is 1. The first-order valence-corrected chi connectivity index (χ1v) is 9.61. The summed E-state index contributed by atoms with van der Waals surface area (Å²) >= 11 is 0. The van der Waals surface area contributed by atoms with Gasteiger partial charge in [0.15, 0.2) is 4.90 Å². The fourth-order valence-corrected chi connectivity index (χ4v) is 3.57. The van der Waals surface area contributed by atoms with Crippen molar-refractivity contribution in [3.8, 4) is 0 Å². The van der Waals surface area contributed by atoms with Crippen molar-refractivity contribution in [1.29, 1.82) is 0 Å². The second-order valence-corrected chi connectivity index (χ2v) is 7.86. The van der Waals surface area contributed by atoms with Gasteiger partial charge in [-0.1, -0.05) is 30.3 Å². The molecule has 0 unspecified atom stereocenters. The van der Waals surface area contributed by atoms with Gasteiger partial charge in [-0.05, 0) is 37.4 Å². The molecular weight excluding hydrogens is 376 g/mol. The van der Waals surface area contributed by atoms with E-state index in [1.807, 2.05) is 48.0 Å². The fraction of sp³-hybridized carbons (Fsp3) is 0.278. The summed E-state index contributed by atoms with van der Waals surface area (Å²) in [7, 11) is -0.646. The zero-order valence-corrected chi connectivity index (χ0v) is 15.8. The van der Waals surface area contributed by atoms with Gasteiger partial charge in [-0.15, -0.1) is 0 Å². The Morgan fingerprint density at radius 3 is 2.19 bits per heavy atom. The van der Waals surface area contributed by atoms with Crippen LogP contribution in [-0.4, -0.2) is 39.9 Å². The van der Waals surface area contributed by atoms with Crippen molar-refractivity contribution in [2.75, 3.05) is 20.6 Å². The summed E-state index contributed by atoms with van der Waals surface area (Å²) in [5, 5.41) is 2.59. The Labute approximate surface area is 157 Å². The molecule has 0 saturated carbocycles. The van der Waals surface area contributed by atoms with Gasteiger partial charge in [0.1, 0.15) is 11.6 Å². The normalized spacial score (nSPS) is 11.6. The standard InChI is InChI=1S/C18H21F2N3O3S/c1-23(2)12-14-7-4-3-6-13(14)10-21-17(24)11-22-27(25,26)18-15(19)8-5-9-16(18)20/h3-9,22H,10-12H2,1-2H3,(H,21,24). The van der Waals surface area contributed by atoms with Crippen LogP contribution in [0.2, 0.25) is 0 Å². The van der Waals surface area contributed by atoms with E-state index in [4.69, 9.17) is 0 Å². The number of halogens is 2. The molecule has 0 aliphatic rings. The van der Waals surface area contributed by atoms with Gasteiger partial charge in [-0.25, -0.2) is 21.9 Å². The van der Waals surface area contributed by atoms with Crippen molar-refractivity contribution in [3.63, 3.8) is 0 Å². The Kier molecular flexibility index (Phi) is 7.00. The molecule has 146 valence electrons. The molecule has 0 fully saturated rings. The Bertz CT molecular complexity index is 898. The van der Waals surface area contributed by atoms with Gasteiger partial charge in [-0.3, -0.25) is 4.79 Å². The van der Waals surface area contributed by atoms with Crippen LogP contribution >= 0.6 is 0 Å². The van der Waals surface area contributed by atoms with Gasteiger partial charge in [-0.2, -0.15) is 0 Å². The van der Waals surface area contributed by atoms with Crippen molar-refractivity contribution in [2.45, 2.75) is 18.0 Å². The molecule has 0 aliphatic heterocycles. The lowest BCUT2D eigenvalue weighted by Crippen LogP contribution is -2.37. The van der Waals surface area contributed by atoms with E-state index in [0.717, 1.165) is 29.3 Å². The van der Waals surface area contributed by atoms with Crippen LogP contribution in [0.25, 0.3) is 0 Å². The molecule has 2 N–H and O–H groups in total. The topological polar surface area (TPSA) is 78.5 Å². The van der Waals surface area contributed by atoms with Crippen LogP contribution < -0.4 is 10.0 Å². The molecule has 0 radical (unpaired) electrons. The Morgan fingerprint density at radius 2 is 1.59 bits per heavy atom. The maximum absolute atomic E-state index is 13.6. The molecule has 9 heteroatoms. The molecule has 27 heavy (non-hydrogen) atoms. The second-order valence-electron chi connectivity index (χ2n) is 6.16. The minimum atomic E-state index is -4.49. The molecule has 0 aromatic heterocycles. The highest BCUT2D eigenvalue weighted by Crippen LogP contribution is 2.17. The van der Waals surface area contributed by atoms with Crippen molar-refractivity contribution in [3.05, 3.63) is 65.2 Å². The highest BCUT2D eigenvalue weighted by atomic mass is 32.2. The molecule has 2 aromatic carbocycles. The number of carbonyl (C=O) groups excluding carboxylic acids is 1. The first kappa shape index (κ1) is 20.9. The predicted molar refractivity (Wildman–Crippen MR) is 97.2 cm³/mol. The predicted octanol–water partition coefficient (Wildman–Crippen LogP) is 1.62. The van der Waals surface area contributed by atoms with Crippen molar-refractivity contribution >= 4 is 15.9 Å². The van der Waals surface area contributed by atoms with Crippen LogP contribution in [0.3, 0.4) is 0 Å². The number of nitrogens with zero attached hydrogens (tertiary/aromatic N) is 1. The fourth-order valence-electron chi connectivity index (χ4n) is 2.45. The first-order chi connectivity index (χ1) is 12.7. The van der Waals surface area contributed by atoms with Gasteiger partial charge in [0.25, 0.3) is 0 Å². The Morgan fingerprint density at radius 1 is 1.00 bits per heavy atom. The molecule has 0 heterocycles. The smallest absolute Gasteiger partial charge is 0.246 e. The van der Waals surface area contributed by atoms with Gasteiger partial charge in [0.05, 0.1) is 6.54 Å². The SMILES string of the molecule is CN(C)Cc1ccccc1CNC(=O)CNS(=O)(=O)c1c(F)cccc1F. The number of sulfonamides is 1. The van der Waals surface area contributed by atoms with E-state index in [-0.39, 0.29) is 6.54 Å². The summed E-state index contributed by atoms with van der Waals surface area (Å²) in [6, 6.07) is 10.2. The maximum Gasteiger partial charge on any atom is 0.246 e. The van der Waals surface area contributed by atoms with Gasteiger partial charge >= 0.3 is 0 Å². The van der Waals surface area contributed by atoms with Crippen LogP contribution in [0.15, 0.2) is 47.4 Å². The summed E-state index contributed by atoms with van der Waals surface area (Å²) in [5.41, 5.74) is 1.92. The monoisotopic (exact) mass is 397 g/mol. The third-order valence-electron chi connectivity index (χ3n) is 3.69. The van der Waals surface area contributed by atoms with Gasteiger partial charge in [0.2, 0.25) is 15.9 Å². The summed E-state index contributed by atoms with van der Waals surface area (Å²) in [6.07, 6.45) is 0. The lowest BCUT2D eigenvalue weighted by atomic mass is 10.1. The lowest BCUT2D eigenvalue weighted by molar-refractivity contribution is -0.120. The second kappa shape index (κ2) is 9.03. The number of rotatable bonds is 8. The highest BCUT2D eigenvalue weighted by Gasteiger charge is 2.24. The van der Waals surface area contributed by atoms with E-state index in [1.54, 1.807) is 0 Å². The van der Waals surface area contributed by atoms with Crippen molar-refractivity contribution < 1.29 is 22.0 Å². The minimum absolute atomic E-state index is 0.207. The van der Waals surface area contributed by atoms with Gasteiger partial charge < -0.3 is 10.2 Å². The molecule has 0 bridgehead atoms. The average Bonchev–Trinajstić information content (AvgIpc) is 2.58. The molecular formula is C18H21F2N3O3S. The summed E-state index contributed by atoms with van der Waals surface area (Å²) < 4.78 is 53.3. The van der Waals surface area contributed by atoms with Gasteiger partial charge in [0, 0.05) is 13.1 Å². The molecule has 0 saturated heterocycles. The number of nitrogens with one attached hydrogen (secondary N) is 2. The summed E-state index contributed by atoms with van der Waals surface area (Å²) in [5.74, 6) is -3.06. The number of hydrogen-bond acceptors (Lipinski definition) is 4. The van der Waals surface area contributed by atoms with Crippen LogP contribution in [0.1, 0.15) is 11.1 Å². The van der Waals surface area contributed by atoms with E-state index in [9.17, 15) is 22.0 Å². The largest absolute Gasteiger partial charge is 0.351 e. The molecule has 0 aliphatic carbocycles. The molecule has 1 amide bonds. The first-order valence-electron chi connectivity index (χ1n) is 8.12. The summed E-state index contributed by atoms with van der Waals surface area (Å²) in [6.45, 7) is 0.260. The van der Waals surface area contributed by atoms with Crippen LogP contribution in [0.5, 0.6) is 0 Å². The molecule has 6 nitrogen and oxygen atoms in total. The molecule has 2 rings (SSSR count). The van der Waals surface area contributed by atoms with E-state index in [0.29, 0.717) is 6.54 Å². The Balaban J connectivity index is 1.97. The number of benzene rings is 2. The van der Waals surface area contributed by atoms with Crippen molar-refractivity contribution in [2.24, 2.45) is 0 Å². The Hall–Kier alpha value is -2.36. The third kappa shape index (κ3) is 5.81. The van der Waals surface area contributed by atoms with Crippen LogP contribution in [-0.2, 0) is 27.9 Å². The average molecular weight is 397 g/mol. The van der Waals surface area contributed by atoms with Crippen LogP contribution in [0.4, 0.5) is 8.78 Å². The molecule has 0 atom stereocenters. The quantitative estimate of drug-likeness (QED) is 0.710. The van der Waals surface area contributed by atoms with E-state index >= 15 is 0 Å². The van der Waals surface area contributed by atoms with E-state index < -0.39 is 39.0 Å². The summed E-state index contributed by atoms with van der Waals surface area (Å²) in [4.78, 5) is 12.8. The molecule has 2 aromatic rings. The third-order valence-corrected chi connectivity index (χ3v) is 5.14. The van der Waals surface area contributed by atoms with Crippen LogP contribution in [0, 0.1) is 11.6 Å². The zero-order chi connectivity index (χ0) is 20.0. The number of hydrogen-bond donors (Lipinski definition) is 2. The van der Waals surface area contributed by atoms with E-state index in [1.165, 1.54) is 0 Å². The van der Waals surface area contributed by atoms with E-state index in [2.05, 4.69) is 5.32 Å². The lowest BCUT2D eigenvalue weighted by Gasteiger charge is -2.15. The van der Waals surface area contributed by atoms with Crippen molar-refractivity contribution in [1.82, 2.24) is 14.9 Å². The minimum Gasteiger partial charge on any atom is -0.351 e. The zero-order valence-electron chi connectivity index (χ0n) is 15.0. The maximum atomic E-state index is 13.6. The number of amides is 1.